The summed E-state index contributed by atoms with van der Waals surface area (Å²) < 4.78 is 7.14. The van der Waals surface area contributed by atoms with Crippen LogP contribution in [0.4, 0.5) is 5.95 Å². The van der Waals surface area contributed by atoms with Crippen LogP contribution in [0.15, 0.2) is 40.3 Å². The Morgan fingerprint density at radius 2 is 2.18 bits per heavy atom. The third-order valence-corrected chi connectivity index (χ3v) is 4.22. The molecule has 0 bridgehead atoms. The van der Waals surface area contributed by atoms with E-state index in [0.717, 1.165) is 6.42 Å². The van der Waals surface area contributed by atoms with E-state index in [2.05, 4.69) is 31.7 Å². The SMILES string of the molecule is Nc1nc(-c2ccco2)c2nnn(CCc3cccs3)c2n1. The highest BCUT2D eigenvalue weighted by Gasteiger charge is 2.16. The Labute approximate surface area is 129 Å². The van der Waals surface area contributed by atoms with Crippen molar-refractivity contribution in [1.82, 2.24) is 25.0 Å². The van der Waals surface area contributed by atoms with Crippen LogP contribution in [-0.2, 0) is 13.0 Å². The van der Waals surface area contributed by atoms with Gasteiger partial charge in [0, 0.05) is 17.8 Å². The molecule has 0 radical (unpaired) electrons. The number of anilines is 1. The molecule has 110 valence electrons. The molecule has 0 aromatic carbocycles. The first-order valence-corrected chi connectivity index (χ1v) is 7.62. The van der Waals surface area contributed by atoms with Gasteiger partial charge in [0.05, 0.1) is 6.26 Å². The van der Waals surface area contributed by atoms with Crippen molar-refractivity contribution >= 4 is 28.4 Å². The normalized spacial score (nSPS) is 11.3. The van der Waals surface area contributed by atoms with Gasteiger partial charge in [-0.25, -0.2) is 9.67 Å². The number of hydrogen-bond acceptors (Lipinski definition) is 7. The smallest absolute Gasteiger partial charge is 0.222 e. The molecule has 0 saturated carbocycles. The lowest BCUT2D eigenvalue weighted by Crippen LogP contribution is -2.05. The fourth-order valence-electron chi connectivity index (χ4n) is 2.28. The highest BCUT2D eigenvalue weighted by Crippen LogP contribution is 2.25. The van der Waals surface area contributed by atoms with Crippen molar-refractivity contribution < 1.29 is 4.42 Å². The summed E-state index contributed by atoms with van der Waals surface area (Å²) >= 11 is 1.72. The number of aromatic nitrogens is 5. The number of nitrogens with zero attached hydrogens (tertiary/aromatic N) is 5. The van der Waals surface area contributed by atoms with E-state index >= 15 is 0 Å². The van der Waals surface area contributed by atoms with Crippen LogP contribution in [-0.4, -0.2) is 25.0 Å². The van der Waals surface area contributed by atoms with Gasteiger partial charge in [-0.3, -0.25) is 0 Å². The standard InChI is InChI=1S/C14H12N6OS/c15-14-16-11(10-4-1-7-21-10)12-13(17-14)20(19-18-12)6-5-9-3-2-8-22-9/h1-4,7-8H,5-6H2,(H2,15,16,17). The van der Waals surface area contributed by atoms with Gasteiger partial charge in [0.15, 0.2) is 16.9 Å². The number of furan rings is 1. The molecular formula is C14H12N6OS. The molecule has 22 heavy (non-hydrogen) atoms. The van der Waals surface area contributed by atoms with Crippen molar-refractivity contribution in [3.8, 4) is 11.5 Å². The van der Waals surface area contributed by atoms with Gasteiger partial charge in [-0.1, -0.05) is 11.3 Å². The maximum Gasteiger partial charge on any atom is 0.222 e. The van der Waals surface area contributed by atoms with Crippen molar-refractivity contribution in [2.24, 2.45) is 0 Å². The van der Waals surface area contributed by atoms with Gasteiger partial charge in [0.25, 0.3) is 0 Å². The van der Waals surface area contributed by atoms with E-state index in [0.29, 0.717) is 29.2 Å². The average Bonchev–Trinajstić information content (AvgIpc) is 3.26. The van der Waals surface area contributed by atoms with Gasteiger partial charge in [-0.05, 0) is 23.6 Å². The number of aryl methyl sites for hydroxylation is 2. The van der Waals surface area contributed by atoms with Gasteiger partial charge in [0.1, 0.15) is 5.69 Å². The van der Waals surface area contributed by atoms with Crippen molar-refractivity contribution in [3.05, 3.63) is 40.8 Å². The molecule has 0 aliphatic carbocycles. The molecule has 4 rings (SSSR count). The number of rotatable bonds is 4. The van der Waals surface area contributed by atoms with Crippen LogP contribution in [0, 0.1) is 0 Å². The first-order chi connectivity index (χ1) is 10.8. The Morgan fingerprint density at radius 1 is 1.23 bits per heavy atom. The topological polar surface area (TPSA) is 95.6 Å². The summed E-state index contributed by atoms with van der Waals surface area (Å²) in [6, 6.07) is 7.74. The lowest BCUT2D eigenvalue weighted by Gasteiger charge is -2.02. The highest BCUT2D eigenvalue weighted by molar-refractivity contribution is 7.09. The Kier molecular flexibility index (Phi) is 3.08. The van der Waals surface area contributed by atoms with Crippen molar-refractivity contribution in [3.63, 3.8) is 0 Å². The molecule has 0 aliphatic rings. The molecule has 2 N–H and O–H groups in total. The first kappa shape index (κ1) is 13.0. The highest BCUT2D eigenvalue weighted by atomic mass is 32.1. The number of nitrogens with two attached hydrogens (primary N) is 1. The monoisotopic (exact) mass is 312 g/mol. The van der Waals surface area contributed by atoms with Gasteiger partial charge in [-0.2, -0.15) is 4.98 Å². The molecule has 7 nitrogen and oxygen atoms in total. The summed E-state index contributed by atoms with van der Waals surface area (Å²) in [4.78, 5) is 9.79. The predicted octanol–water partition coefficient (Wildman–Crippen LogP) is 2.37. The zero-order chi connectivity index (χ0) is 14.9. The summed E-state index contributed by atoms with van der Waals surface area (Å²) in [6.07, 6.45) is 2.46. The molecular weight excluding hydrogens is 300 g/mol. The second kappa shape index (κ2) is 5.23. The van der Waals surface area contributed by atoms with E-state index in [4.69, 9.17) is 10.2 Å². The molecule has 4 aromatic rings. The first-order valence-electron chi connectivity index (χ1n) is 6.74. The molecule has 0 unspecified atom stereocenters. The number of fused-ring (bicyclic) bond motifs is 1. The Morgan fingerprint density at radius 3 is 2.95 bits per heavy atom. The van der Waals surface area contributed by atoms with Crippen molar-refractivity contribution in [2.75, 3.05) is 5.73 Å². The largest absolute Gasteiger partial charge is 0.463 e. The lowest BCUT2D eigenvalue weighted by atomic mass is 10.3. The minimum atomic E-state index is 0.179. The molecule has 0 saturated heterocycles. The predicted molar refractivity (Wildman–Crippen MR) is 83.3 cm³/mol. The quantitative estimate of drug-likeness (QED) is 0.621. The Balaban J connectivity index is 1.75. The summed E-state index contributed by atoms with van der Waals surface area (Å²) in [6.45, 7) is 0.686. The average molecular weight is 312 g/mol. The van der Waals surface area contributed by atoms with Crippen LogP contribution in [0.5, 0.6) is 0 Å². The summed E-state index contributed by atoms with van der Waals surface area (Å²) in [7, 11) is 0. The lowest BCUT2D eigenvalue weighted by molar-refractivity contribution is 0.580. The molecule has 0 amide bonds. The molecule has 0 atom stereocenters. The Hall–Kier alpha value is -2.74. The molecule has 0 fully saturated rings. The number of nitrogen functional groups attached to an aromatic ring is 1. The third-order valence-electron chi connectivity index (χ3n) is 3.28. The maximum absolute atomic E-state index is 5.82. The van der Waals surface area contributed by atoms with E-state index in [9.17, 15) is 0 Å². The fourth-order valence-corrected chi connectivity index (χ4v) is 2.98. The number of hydrogen-bond donors (Lipinski definition) is 1. The molecule has 0 aliphatic heterocycles. The third kappa shape index (κ3) is 2.23. The molecule has 4 heterocycles. The fraction of sp³-hybridized carbons (Fsp3) is 0.143. The maximum atomic E-state index is 5.82. The second-order valence-electron chi connectivity index (χ2n) is 4.72. The van der Waals surface area contributed by atoms with E-state index in [1.54, 1.807) is 28.3 Å². The summed E-state index contributed by atoms with van der Waals surface area (Å²) in [5.74, 6) is 0.781. The van der Waals surface area contributed by atoms with Crippen molar-refractivity contribution in [2.45, 2.75) is 13.0 Å². The van der Waals surface area contributed by atoms with Crippen LogP contribution in [0.3, 0.4) is 0 Å². The van der Waals surface area contributed by atoms with Crippen LogP contribution < -0.4 is 5.73 Å². The van der Waals surface area contributed by atoms with E-state index in [1.807, 2.05) is 12.1 Å². The van der Waals surface area contributed by atoms with E-state index in [1.165, 1.54) is 4.88 Å². The summed E-state index contributed by atoms with van der Waals surface area (Å²) in [5.41, 5.74) is 7.60. The second-order valence-corrected chi connectivity index (χ2v) is 5.75. The molecule has 4 aromatic heterocycles. The van der Waals surface area contributed by atoms with Gasteiger partial charge in [-0.15, -0.1) is 16.4 Å². The van der Waals surface area contributed by atoms with Gasteiger partial charge >= 0.3 is 0 Å². The van der Waals surface area contributed by atoms with Crippen LogP contribution in [0.2, 0.25) is 0 Å². The van der Waals surface area contributed by atoms with E-state index in [-0.39, 0.29) is 5.95 Å². The van der Waals surface area contributed by atoms with Gasteiger partial charge in [0.2, 0.25) is 5.95 Å². The number of thiophene rings is 1. The van der Waals surface area contributed by atoms with Gasteiger partial charge < -0.3 is 10.2 Å². The zero-order valence-corrected chi connectivity index (χ0v) is 12.3. The minimum absolute atomic E-state index is 0.179. The molecule has 8 heteroatoms. The zero-order valence-electron chi connectivity index (χ0n) is 11.5. The van der Waals surface area contributed by atoms with E-state index < -0.39 is 0 Å². The summed E-state index contributed by atoms with van der Waals surface area (Å²) in [5, 5.41) is 10.4. The minimum Gasteiger partial charge on any atom is -0.463 e. The van der Waals surface area contributed by atoms with Crippen LogP contribution >= 0.6 is 11.3 Å². The Bertz CT molecular complexity index is 897. The van der Waals surface area contributed by atoms with Crippen molar-refractivity contribution in [1.29, 1.82) is 0 Å². The van der Waals surface area contributed by atoms with Crippen LogP contribution in [0.1, 0.15) is 4.88 Å². The molecule has 0 spiro atoms. The van der Waals surface area contributed by atoms with Crippen LogP contribution in [0.25, 0.3) is 22.6 Å².